The summed E-state index contributed by atoms with van der Waals surface area (Å²) in [5.41, 5.74) is 10.9. The highest BCUT2D eigenvalue weighted by Crippen LogP contribution is 2.19. The van der Waals surface area contributed by atoms with E-state index >= 15 is 0 Å². The van der Waals surface area contributed by atoms with Gasteiger partial charge in [-0.25, -0.2) is 0 Å². The van der Waals surface area contributed by atoms with Crippen molar-refractivity contribution < 1.29 is 0 Å². The van der Waals surface area contributed by atoms with Gasteiger partial charge in [-0.15, -0.1) is 0 Å². The molecule has 2 nitrogen and oxygen atoms in total. The first-order valence-electron chi connectivity index (χ1n) is 7.16. The van der Waals surface area contributed by atoms with Crippen LogP contribution in [0.25, 0.3) is 10.9 Å². The van der Waals surface area contributed by atoms with E-state index in [1.807, 2.05) is 0 Å². The molecule has 0 atom stereocenters. The second-order valence-electron chi connectivity index (χ2n) is 5.21. The zero-order valence-electron chi connectivity index (χ0n) is 11.8. The molecule has 20 heavy (non-hydrogen) atoms. The SMILES string of the molecule is CCc1ccc(Cn2ccc3cc(CN)ccc32)cc1. The van der Waals surface area contributed by atoms with Gasteiger partial charge in [-0.05, 0) is 46.7 Å². The van der Waals surface area contributed by atoms with Gasteiger partial charge in [0.2, 0.25) is 0 Å². The zero-order valence-corrected chi connectivity index (χ0v) is 11.8. The minimum atomic E-state index is 0.597. The largest absolute Gasteiger partial charge is 0.343 e. The van der Waals surface area contributed by atoms with Crippen molar-refractivity contribution >= 4 is 10.9 Å². The summed E-state index contributed by atoms with van der Waals surface area (Å²) in [5, 5.41) is 1.26. The standard InChI is InChI=1S/C18H20N2/c1-2-14-3-5-15(6-4-14)13-20-10-9-17-11-16(12-19)7-8-18(17)20/h3-11H,2,12-13,19H2,1H3. The Balaban J connectivity index is 1.90. The summed E-state index contributed by atoms with van der Waals surface area (Å²) in [5.74, 6) is 0. The average molecular weight is 264 g/mol. The van der Waals surface area contributed by atoms with Crippen molar-refractivity contribution in [1.82, 2.24) is 4.57 Å². The quantitative estimate of drug-likeness (QED) is 0.765. The summed E-state index contributed by atoms with van der Waals surface area (Å²) in [4.78, 5) is 0. The van der Waals surface area contributed by atoms with Crippen LogP contribution in [0.15, 0.2) is 54.7 Å². The number of benzene rings is 2. The van der Waals surface area contributed by atoms with E-state index in [2.05, 4.69) is 66.2 Å². The summed E-state index contributed by atoms with van der Waals surface area (Å²) >= 11 is 0. The number of hydrogen-bond donors (Lipinski definition) is 1. The van der Waals surface area contributed by atoms with Gasteiger partial charge < -0.3 is 10.3 Å². The van der Waals surface area contributed by atoms with Gasteiger partial charge in [-0.2, -0.15) is 0 Å². The van der Waals surface area contributed by atoms with Gasteiger partial charge in [0.05, 0.1) is 0 Å². The molecule has 0 saturated heterocycles. The number of nitrogens with two attached hydrogens (primary N) is 1. The Morgan fingerprint density at radius 3 is 2.30 bits per heavy atom. The minimum Gasteiger partial charge on any atom is -0.343 e. The van der Waals surface area contributed by atoms with Crippen LogP contribution in [-0.4, -0.2) is 4.57 Å². The Labute approximate surface area is 119 Å². The number of nitrogens with zero attached hydrogens (tertiary/aromatic N) is 1. The molecular weight excluding hydrogens is 244 g/mol. The second-order valence-corrected chi connectivity index (χ2v) is 5.21. The fourth-order valence-corrected chi connectivity index (χ4v) is 2.59. The predicted octanol–water partition coefficient (Wildman–Crippen LogP) is 3.71. The Hall–Kier alpha value is -2.06. The molecule has 1 heterocycles. The highest BCUT2D eigenvalue weighted by atomic mass is 14.9. The zero-order chi connectivity index (χ0) is 13.9. The molecule has 102 valence electrons. The molecule has 0 spiro atoms. The highest BCUT2D eigenvalue weighted by Gasteiger charge is 2.03. The first-order chi connectivity index (χ1) is 9.80. The van der Waals surface area contributed by atoms with Gasteiger partial charge in [0, 0.05) is 24.8 Å². The number of rotatable bonds is 4. The van der Waals surface area contributed by atoms with Gasteiger partial charge in [0.25, 0.3) is 0 Å². The third kappa shape index (κ3) is 2.47. The molecule has 2 N–H and O–H groups in total. The van der Waals surface area contributed by atoms with Crippen LogP contribution < -0.4 is 5.73 Å². The van der Waals surface area contributed by atoms with Crippen LogP contribution in [-0.2, 0) is 19.5 Å². The summed E-state index contributed by atoms with van der Waals surface area (Å²) in [6.07, 6.45) is 3.24. The summed E-state index contributed by atoms with van der Waals surface area (Å²) in [7, 11) is 0. The highest BCUT2D eigenvalue weighted by molar-refractivity contribution is 5.81. The lowest BCUT2D eigenvalue weighted by molar-refractivity contribution is 0.835. The molecule has 0 amide bonds. The van der Waals surface area contributed by atoms with Crippen molar-refractivity contribution in [1.29, 1.82) is 0 Å². The molecule has 0 unspecified atom stereocenters. The van der Waals surface area contributed by atoms with E-state index in [9.17, 15) is 0 Å². The van der Waals surface area contributed by atoms with E-state index in [-0.39, 0.29) is 0 Å². The van der Waals surface area contributed by atoms with Crippen LogP contribution >= 0.6 is 0 Å². The van der Waals surface area contributed by atoms with E-state index in [4.69, 9.17) is 5.73 Å². The lowest BCUT2D eigenvalue weighted by atomic mass is 10.1. The van der Waals surface area contributed by atoms with E-state index in [1.54, 1.807) is 0 Å². The topological polar surface area (TPSA) is 30.9 Å². The van der Waals surface area contributed by atoms with Gasteiger partial charge >= 0.3 is 0 Å². The van der Waals surface area contributed by atoms with Crippen molar-refractivity contribution in [3.05, 3.63) is 71.4 Å². The van der Waals surface area contributed by atoms with Crippen LogP contribution in [0.3, 0.4) is 0 Å². The maximum Gasteiger partial charge on any atom is 0.0483 e. The fourth-order valence-electron chi connectivity index (χ4n) is 2.59. The molecule has 3 rings (SSSR count). The molecule has 1 aromatic heterocycles. The maximum atomic E-state index is 5.69. The van der Waals surface area contributed by atoms with E-state index in [0.29, 0.717) is 6.54 Å². The Bertz CT molecular complexity index is 708. The number of fused-ring (bicyclic) bond motifs is 1. The molecule has 0 bridgehead atoms. The summed E-state index contributed by atoms with van der Waals surface area (Å²) < 4.78 is 2.29. The molecule has 0 aliphatic carbocycles. The van der Waals surface area contributed by atoms with Crippen molar-refractivity contribution in [3.8, 4) is 0 Å². The number of hydrogen-bond acceptors (Lipinski definition) is 1. The van der Waals surface area contributed by atoms with Crippen molar-refractivity contribution in [2.45, 2.75) is 26.4 Å². The van der Waals surface area contributed by atoms with Crippen LogP contribution in [0.2, 0.25) is 0 Å². The normalized spacial score (nSPS) is 11.1. The molecule has 0 aliphatic heterocycles. The molecule has 2 aromatic carbocycles. The number of aryl methyl sites for hydroxylation is 1. The molecule has 0 fully saturated rings. The lowest BCUT2D eigenvalue weighted by Crippen LogP contribution is -1.99. The Morgan fingerprint density at radius 1 is 0.900 bits per heavy atom. The Kier molecular flexibility index (Phi) is 3.57. The molecule has 0 radical (unpaired) electrons. The van der Waals surface area contributed by atoms with Crippen molar-refractivity contribution in [2.24, 2.45) is 5.73 Å². The average Bonchev–Trinajstić information content (AvgIpc) is 2.90. The molecule has 3 aromatic rings. The third-order valence-electron chi connectivity index (χ3n) is 3.86. The molecule has 0 saturated carbocycles. The minimum absolute atomic E-state index is 0.597. The van der Waals surface area contributed by atoms with Crippen LogP contribution in [0, 0.1) is 0 Å². The summed E-state index contributed by atoms with van der Waals surface area (Å²) in [6, 6.07) is 17.5. The monoisotopic (exact) mass is 264 g/mol. The van der Waals surface area contributed by atoms with Crippen molar-refractivity contribution in [3.63, 3.8) is 0 Å². The second kappa shape index (κ2) is 5.51. The number of aromatic nitrogens is 1. The lowest BCUT2D eigenvalue weighted by Gasteiger charge is -2.07. The van der Waals surface area contributed by atoms with E-state index < -0.39 is 0 Å². The molecule has 2 heteroatoms. The van der Waals surface area contributed by atoms with Gasteiger partial charge in [-0.1, -0.05) is 37.3 Å². The van der Waals surface area contributed by atoms with Crippen molar-refractivity contribution in [2.75, 3.05) is 0 Å². The van der Waals surface area contributed by atoms with Gasteiger partial charge in [-0.3, -0.25) is 0 Å². The molecule has 0 aliphatic rings. The smallest absolute Gasteiger partial charge is 0.0483 e. The summed E-state index contributed by atoms with van der Waals surface area (Å²) in [6.45, 7) is 3.69. The third-order valence-corrected chi connectivity index (χ3v) is 3.86. The van der Waals surface area contributed by atoms with Crippen LogP contribution in [0.4, 0.5) is 0 Å². The van der Waals surface area contributed by atoms with Gasteiger partial charge in [0.15, 0.2) is 0 Å². The van der Waals surface area contributed by atoms with E-state index in [1.165, 1.54) is 27.6 Å². The van der Waals surface area contributed by atoms with Crippen LogP contribution in [0.1, 0.15) is 23.6 Å². The Morgan fingerprint density at radius 2 is 1.60 bits per heavy atom. The fraction of sp³-hybridized carbons (Fsp3) is 0.222. The first kappa shape index (κ1) is 12.9. The predicted molar refractivity (Wildman–Crippen MR) is 84.8 cm³/mol. The van der Waals surface area contributed by atoms with Crippen LogP contribution in [0.5, 0.6) is 0 Å². The maximum absolute atomic E-state index is 5.69. The molecular formula is C18H20N2. The van der Waals surface area contributed by atoms with E-state index in [0.717, 1.165) is 13.0 Å². The van der Waals surface area contributed by atoms with Gasteiger partial charge in [0.1, 0.15) is 0 Å². The first-order valence-corrected chi connectivity index (χ1v) is 7.16.